The second kappa shape index (κ2) is 7.80. The van der Waals surface area contributed by atoms with Crippen LogP contribution >= 0.6 is 0 Å². The zero-order valence-corrected chi connectivity index (χ0v) is 17.1. The van der Waals surface area contributed by atoms with E-state index in [1.54, 1.807) is 0 Å². The minimum Gasteiger partial charge on any atom is -0.356 e. The second-order valence-electron chi connectivity index (χ2n) is 9.74. The van der Waals surface area contributed by atoms with Gasteiger partial charge in [0.05, 0.1) is 0 Å². The molecule has 4 amide bonds. The van der Waals surface area contributed by atoms with E-state index in [4.69, 9.17) is 0 Å². The number of carbonyl (C=O) groups excluding carboxylic acids is 3. The van der Waals surface area contributed by atoms with Crippen LogP contribution in [0.15, 0.2) is 0 Å². The Morgan fingerprint density at radius 2 is 1.78 bits per heavy atom. The summed E-state index contributed by atoms with van der Waals surface area (Å²) in [5.74, 6) is 0.870. The molecule has 3 rings (SSSR count). The Labute approximate surface area is 162 Å². The smallest absolute Gasteiger partial charge is 0.325 e. The molecule has 0 aromatic carbocycles. The van der Waals surface area contributed by atoms with Crippen molar-refractivity contribution in [2.24, 2.45) is 17.3 Å². The van der Waals surface area contributed by atoms with Crippen molar-refractivity contribution in [3.8, 4) is 0 Å². The standard InChI is InChI=1S/C21H35N3O3/c1-20(2,3)16-9-7-15(8-10-16)17(25)22-13-6-14-24-18(26)21(23-19(24)27)11-4-5-12-21/h15-16H,4-14H2,1-3H3,(H,22,25)(H,23,27). The molecule has 6 heteroatoms. The molecule has 0 bridgehead atoms. The van der Waals surface area contributed by atoms with Crippen LogP contribution in [0.3, 0.4) is 0 Å². The van der Waals surface area contributed by atoms with Gasteiger partial charge in [0.1, 0.15) is 5.54 Å². The third-order valence-electron chi connectivity index (χ3n) is 6.88. The first kappa shape index (κ1) is 20.2. The topological polar surface area (TPSA) is 78.5 Å². The highest BCUT2D eigenvalue weighted by Gasteiger charge is 2.52. The van der Waals surface area contributed by atoms with Gasteiger partial charge in [-0.2, -0.15) is 0 Å². The number of hydrogen-bond donors (Lipinski definition) is 2. The van der Waals surface area contributed by atoms with E-state index < -0.39 is 5.54 Å². The summed E-state index contributed by atoms with van der Waals surface area (Å²) in [7, 11) is 0. The average molecular weight is 378 g/mol. The third kappa shape index (κ3) is 4.30. The van der Waals surface area contributed by atoms with E-state index in [0.29, 0.717) is 30.8 Å². The summed E-state index contributed by atoms with van der Waals surface area (Å²) in [6.45, 7) is 7.74. The number of hydrogen-bond acceptors (Lipinski definition) is 3. The molecule has 2 aliphatic carbocycles. The van der Waals surface area contributed by atoms with Gasteiger partial charge in [-0.05, 0) is 56.3 Å². The number of nitrogens with one attached hydrogen (secondary N) is 2. The van der Waals surface area contributed by atoms with Gasteiger partial charge in [0, 0.05) is 19.0 Å². The molecule has 6 nitrogen and oxygen atoms in total. The van der Waals surface area contributed by atoms with Crippen LogP contribution in [0, 0.1) is 17.3 Å². The van der Waals surface area contributed by atoms with Gasteiger partial charge >= 0.3 is 6.03 Å². The molecule has 0 unspecified atom stereocenters. The molecule has 152 valence electrons. The maximum absolute atomic E-state index is 12.6. The second-order valence-corrected chi connectivity index (χ2v) is 9.74. The normalized spacial score (nSPS) is 27.9. The summed E-state index contributed by atoms with van der Waals surface area (Å²) < 4.78 is 0. The summed E-state index contributed by atoms with van der Waals surface area (Å²) in [5, 5.41) is 5.91. The van der Waals surface area contributed by atoms with Crippen LogP contribution in [0.5, 0.6) is 0 Å². The molecular weight excluding hydrogens is 342 g/mol. The van der Waals surface area contributed by atoms with Crippen LogP contribution in [0.2, 0.25) is 0 Å². The molecule has 1 saturated heterocycles. The molecule has 0 atom stereocenters. The first-order valence-corrected chi connectivity index (χ1v) is 10.6. The number of urea groups is 1. The zero-order valence-electron chi connectivity index (χ0n) is 17.1. The highest BCUT2D eigenvalue weighted by atomic mass is 16.2. The fraction of sp³-hybridized carbons (Fsp3) is 0.857. The summed E-state index contributed by atoms with van der Waals surface area (Å²) in [4.78, 5) is 38.5. The van der Waals surface area contributed by atoms with Crippen molar-refractivity contribution < 1.29 is 14.4 Å². The molecule has 27 heavy (non-hydrogen) atoms. The van der Waals surface area contributed by atoms with Crippen LogP contribution in [-0.2, 0) is 9.59 Å². The number of nitrogens with zero attached hydrogens (tertiary/aromatic N) is 1. The Bertz CT molecular complexity index is 582. The number of imide groups is 1. The predicted molar refractivity (Wildman–Crippen MR) is 104 cm³/mol. The molecule has 1 spiro atoms. The number of rotatable bonds is 5. The van der Waals surface area contributed by atoms with E-state index in [9.17, 15) is 14.4 Å². The van der Waals surface area contributed by atoms with Crippen molar-refractivity contribution in [3.63, 3.8) is 0 Å². The van der Waals surface area contributed by atoms with Gasteiger partial charge in [-0.25, -0.2) is 4.79 Å². The van der Waals surface area contributed by atoms with E-state index >= 15 is 0 Å². The molecule has 0 radical (unpaired) electrons. The molecular formula is C21H35N3O3. The summed E-state index contributed by atoms with van der Waals surface area (Å²) >= 11 is 0. The largest absolute Gasteiger partial charge is 0.356 e. The summed E-state index contributed by atoms with van der Waals surface area (Å²) in [6.07, 6.45) is 8.26. The molecule has 0 aromatic rings. The van der Waals surface area contributed by atoms with Crippen molar-refractivity contribution in [1.29, 1.82) is 0 Å². The Balaban J connectivity index is 1.37. The molecule has 0 aromatic heterocycles. The number of amides is 4. The van der Waals surface area contributed by atoms with E-state index in [1.807, 2.05) is 0 Å². The zero-order chi connectivity index (χ0) is 19.7. The van der Waals surface area contributed by atoms with E-state index in [2.05, 4.69) is 31.4 Å². The van der Waals surface area contributed by atoms with Crippen molar-refractivity contribution >= 4 is 17.8 Å². The Kier molecular flexibility index (Phi) is 5.82. The van der Waals surface area contributed by atoms with Crippen LogP contribution in [-0.4, -0.2) is 41.4 Å². The summed E-state index contributed by atoms with van der Waals surface area (Å²) in [5.41, 5.74) is -0.313. The van der Waals surface area contributed by atoms with Gasteiger partial charge in [0.15, 0.2) is 0 Å². The first-order valence-electron chi connectivity index (χ1n) is 10.6. The average Bonchev–Trinajstić information content (AvgIpc) is 3.18. The molecule has 1 aliphatic heterocycles. The molecule has 2 N–H and O–H groups in total. The third-order valence-corrected chi connectivity index (χ3v) is 6.88. The Hall–Kier alpha value is -1.59. The Morgan fingerprint density at radius 3 is 2.37 bits per heavy atom. The molecule has 1 heterocycles. The maximum Gasteiger partial charge on any atom is 0.325 e. The van der Waals surface area contributed by atoms with E-state index in [0.717, 1.165) is 51.4 Å². The van der Waals surface area contributed by atoms with Gasteiger partial charge in [-0.3, -0.25) is 14.5 Å². The fourth-order valence-electron chi connectivity index (χ4n) is 5.01. The fourth-order valence-corrected chi connectivity index (χ4v) is 5.01. The lowest BCUT2D eigenvalue weighted by Gasteiger charge is -2.36. The van der Waals surface area contributed by atoms with Crippen molar-refractivity contribution in [3.05, 3.63) is 0 Å². The monoisotopic (exact) mass is 377 g/mol. The first-order chi connectivity index (χ1) is 12.7. The van der Waals surface area contributed by atoms with Gasteiger partial charge in [-0.1, -0.05) is 33.6 Å². The molecule has 3 fully saturated rings. The highest BCUT2D eigenvalue weighted by Crippen LogP contribution is 2.39. The quantitative estimate of drug-likeness (QED) is 0.570. The molecule has 3 aliphatic rings. The van der Waals surface area contributed by atoms with Crippen LogP contribution in [0.25, 0.3) is 0 Å². The van der Waals surface area contributed by atoms with Crippen molar-refractivity contribution in [2.45, 2.75) is 84.1 Å². The lowest BCUT2D eigenvalue weighted by Crippen LogP contribution is -2.44. The van der Waals surface area contributed by atoms with Gasteiger partial charge in [0.2, 0.25) is 5.91 Å². The summed E-state index contributed by atoms with van der Waals surface area (Å²) in [6, 6.07) is -0.270. The van der Waals surface area contributed by atoms with Gasteiger partial charge in [0.25, 0.3) is 5.91 Å². The lowest BCUT2D eigenvalue weighted by molar-refractivity contribution is -0.131. The number of carbonyl (C=O) groups is 3. The minimum absolute atomic E-state index is 0.0724. The van der Waals surface area contributed by atoms with Crippen LogP contribution in [0.1, 0.15) is 78.6 Å². The Morgan fingerprint density at radius 1 is 1.15 bits per heavy atom. The van der Waals surface area contributed by atoms with Crippen molar-refractivity contribution in [2.75, 3.05) is 13.1 Å². The van der Waals surface area contributed by atoms with Gasteiger partial charge < -0.3 is 10.6 Å². The lowest BCUT2D eigenvalue weighted by atomic mass is 9.69. The van der Waals surface area contributed by atoms with Crippen LogP contribution < -0.4 is 10.6 Å². The maximum atomic E-state index is 12.6. The van der Waals surface area contributed by atoms with E-state index in [1.165, 1.54) is 4.90 Å². The van der Waals surface area contributed by atoms with Crippen molar-refractivity contribution in [1.82, 2.24) is 15.5 Å². The minimum atomic E-state index is -0.633. The molecule has 2 saturated carbocycles. The van der Waals surface area contributed by atoms with Crippen LogP contribution in [0.4, 0.5) is 4.79 Å². The van der Waals surface area contributed by atoms with Gasteiger partial charge in [-0.15, -0.1) is 0 Å². The van der Waals surface area contributed by atoms with E-state index in [-0.39, 0.29) is 23.8 Å². The highest BCUT2D eigenvalue weighted by molar-refractivity contribution is 6.07. The SMILES string of the molecule is CC(C)(C)C1CCC(C(=O)NCCCN2C(=O)NC3(CCCC3)C2=O)CC1. The predicted octanol–water partition coefficient (Wildman–Crippen LogP) is 3.21.